The van der Waals surface area contributed by atoms with Crippen LogP contribution in [0.3, 0.4) is 0 Å². The maximum absolute atomic E-state index is 12.9. The molecule has 4 heteroatoms. The standard InChI is InChI=1S/C19H17NO3/c1-12-8-9-17-16(10-12)15(11-18(21)22)13(2)20(17)19(23)14-6-4-3-5-7-14/h3-10H,11H2,1-2H3,(H,21,22). The zero-order chi connectivity index (χ0) is 16.6. The predicted molar refractivity (Wildman–Crippen MR) is 88.9 cm³/mol. The van der Waals surface area contributed by atoms with E-state index < -0.39 is 5.97 Å². The van der Waals surface area contributed by atoms with Crippen LogP contribution in [0.15, 0.2) is 48.5 Å². The lowest BCUT2D eigenvalue weighted by Gasteiger charge is -2.07. The Morgan fingerprint density at radius 1 is 1.04 bits per heavy atom. The van der Waals surface area contributed by atoms with E-state index in [0.717, 1.165) is 16.5 Å². The van der Waals surface area contributed by atoms with E-state index >= 15 is 0 Å². The van der Waals surface area contributed by atoms with Crippen LogP contribution in [0.2, 0.25) is 0 Å². The van der Waals surface area contributed by atoms with Crippen molar-refractivity contribution >= 4 is 22.8 Å². The molecule has 0 spiro atoms. The van der Waals surface area contributed by atoms with E-state index in [2.05, 4.69) is 0 Å². The van der Waals surface area contributed by atoms with E-state index in [-0.39, 0.29) is 12.3 Å². The Balaban J connectivity index is 2.27. The van der Waals surface area contributed by atoms with Crippen molar-refractivity contribution in [2.45, 2.75) is 20.3 Å². The van der Waals surface area contributed by atoms with Crippen molar-refractivity contribution in [3.63, 3.8) is 0 Å². The first-order valence-corrected chi connectivity index (χ1v) is 7.41. The molecule has 1 aromatic heterocycles. The van der Waals surface area contributed by atoms with Crippen LogP contribution in [-0.2, 0) is 11.2 Å². The normalized spacial score (nSPS) is 10.9. The van der Waals surface area contributed by atoms with Gasteiger partial charge in [0, 0.05) is 16.6 Å². The van der Waals surface area contributed by atoms with E-state index in [4.69, 9.17) is 0 Å². The molecule has 0 bridgehead atoms. The largest absolute Gasteiger partial charge is 0.481 e. The summed E-state index contributed by atoms with van der Waals surface area (Å²) >= 11 is 0. The second kappa shape index (κ2) is 5.72. The summed E-state index contributed by atoms with van der Waals surface area (Å²) in [6, 6.07) is 14.8. The molecule has 0 aliphatic rings. The number of carbonyl (C=O) groups excluding carboxylic acids is 1. The fraction of sp³-hybridized carbons (Fsp3) is 0.158. The second-order valence-corrected chi connectivity index (χ2v) is 5.66. The number of aromatic nitrogens is 1. The van der Waals surface area contributed by atoms with Crippen molar-refractivity contribution in [2.24, 2.45) is 0 Å². The minimum atomic E-state index is -0.902. The third kappa shape index (κ3) is 2.63. The smallest absolute Gasteiger partial charge is 0.307 e. The SMILES string of the molecule is Cc1ccc2c(c1)c(CC(=O)O)c(C)n2C(=O)c1ccccc1. The highest BCUT2D eigenvalue weighted by atomic mass is 16.4. The second-order valence-electron chi connectivity index (χ2n) is 5.66. The Morgan fingerprint density at radius 2 is 1.74 bits per heavy atom. The third-order valence-corrected chi connectivity index (χ3v) is 4.04. The highest BCUT2D eigenvalue weighted by Gasteiger charge is 2.21. The lowest BCUT2D eigenvalue weighted by molar-refractivity contribution is -0.136. The van der Waals surface area contributed by atoms with Crippen LogP contribution in [-0.4, -0.2) is 21.6 Å². The number of carbonyl (C=O) groups is 2. The molecule has 0 unspecified atom stereocenters. The van der Waals surface area contributed by atoms with E-state index in [1.165, 1.54) is 0 Å². The molecule has 4 nitrogen and oxygen atoms in total. The van der Waals surface area contributed by atoms with Gasteiger partial charge in [0.2, 0.25) is 0 Å². The summed E-state index contributed by atoms with van der Waals surface area (Å²) in [5.74, 6) is -1.05. The maximum Gasteiger partial charge on any atom is 0.307 e. The summed E-state index contributed by atoms with van der Waals surface area (Å²) in [6.45, 7) is 3.75. The molecular weight excluding hydrogens is 290 g/mol. The molecule has 1 N–H and O–H groups in total. The fourth-order valence-corrected chi connectivity index (χ4v) is 2.94. The van der Waals surface area contributed by atoms with Gasteiger partial charge in [0.25, 0.3) is 5.91 Å². The van der Waals surface area contributed by atoms with Crippen LogP contribution >= 0.6 is 0 Å². The van der Waals surface area contributed by atoms with Crippen LogP contribution in [0.4, 0.5) is 0 Å². The predicted octanol–water partition coefficient (Wildman–Crippen LogP) is 3.57. The average Bonchev–Trinajstić information content (AvgIpc) is 2.79. The summed E-state index contributed by atoms with van der Waals surface area (Å²) in [7, 11) is 0. The van der Waals surface area contributed by atoms with Crippen molar-refractivity contribution in [3.05, 3.63) is 70.9 Å². The highest BCUT2D eigenvalue weighted by Crippen LogP contribution is 2.28. The molecule has 3 aromatic rings. The molecule has 0 aliphatic carbocycles. The van der Waals surface area contributed by atoms with Crippen LogP contribution in [0.5, 0.6) is 0 Å². The van der Waals surface area contributed by atoms with Crippen LogP contribution < -0.4 is 0 Å². The number of aryl methyl sites for hydroxylation is 1. The van der Waals surface area contributed by atoms with Gasteiger partial charge in [-0.05, 0) is 43.7 Å². The molecule has 0 atom stereocenters. The minimum Gasteiger partial charge on any atom is -0.481 e. The number of hydrogen-bond acceptors (Lipinski definition) is 2. The summed E-state index contributed by atoms with van der Waals surface area (Å²) in [5.41, 5.74) is 3.74. The van der Waals surface area contributed by atoms with Crippen molar-refractivity contribution in [1.82, 2.24) is 4.57 Å². The van der Waals surface area contributed by atoms with Gasteiger partial charge in [0.05, 0.1) is 11.9 Å². The number of fused-ring (bicyclic) bond motifs is 1. The summed E-state index contributed by atoms with van der Waals surface area (Å²) in [5, 5.41) is 10.0. The molecule has 0 saturated heterocycles. The monoisotopic (exact) mass is 307 g/mol. The average molecular weight is 307 g/mol. The zero-order valence-corrected chi connectivity index (χ0v) is 13.0. The first kappa shape index (κ1) is 15.0. The van der Waals surface area contributed by atoms with Gasteiger partial charge in [-0.25, -0.2) is 0 Å². The van der Waals surface area contributed by atoms with Crippen LogP contribution in [0.25, 0.3) is 10.9 Å². The Labute approximate surface area is 134 Å². The molecule has 0 radical (unpaired) electrons. The zero-order valence-electron chi connectivity index (χ0n) is 13.0. The molecule has 116 valence electrons. The highest BCUT2D eigenvalue weighted by molar-refractivity contribution is 6.04. The van der Waals surface area contributed by atoms with E-state index in [1.54, 1.807) is 23.6 Å². The van der Waals surface area contributed by atoms with Gasteiger partial charge >= 0.3 is 5.97 Å². The Morgan fingerprint density at radius 3 is 2.39 bits per heavy atom. The fourth-order valence-electron chi connectivity index (χ4n) is 2.94. The summed E-state index contributed by atoms with van der Waals surface area (Å²) in [4.78, 5) is 24.1. The molecule has 0 saturated carbocycles. The molecule has 2 aromatic carbocycles. The van der Waals surface area contributed by atoms with Gasteiger partial charge in [-0.3, -0.25) is 14.2 Å². The van der Waals surface area contributed by atoms with Crippen molar-refractivity contribution in [3.8, 4) is 0 Å². The Kier molecular flexibility index (Phi) is 3.74. The van der Waals surface area contributed by atoms with Gasteiger partial charge in [0.15, 0.2) is 0 Å². The lowest BCUT2D eigenvalue weighted by Crippen LogP contribution is -2.14. The molecular formula is C19H17NO3. The molecule has 0 fully saturated rings. The topological polar surface area (TPSA) is 59.3 Å². The van der Waals surface area contributed by atoms with Crippen molar-refractivity contribution in [2.75, 3.05) is 0 Å². The number of benzene rings is 2. The first-order chi connectivity index (χ1) is 11.0. The van der Waals surface area contributed by atoms with Crippen LogP contribution in [0, 0.1) is 13.8 Å². The van der Waals surface area contributed by atoms with E-state index in [0.29, 0.717) is 16.8 Å². The lowest BCUT2D eigenvalue weighted by atomic mass is 10.1. The maximum atomic E-state index is 12.9. The third-order valence-electron chi connectivity index (χ3n) is 4.04. The number of aliphatic carboxylic acids is 1. The summed E-state index contributed by atoms with van der Waals surface area (Å²) < 4.78 is 1.61. The number of carboxylic acids is 1. The van der Waals surface area contributed by atoms with Gasteiger partial charge in [-0.1, -0.05) is 29.8 Å². The summed E-state index contributed by atoms with van der Waals surface area (Å²) in [6.07, 6.45) is -0.0964. The van der Waals surface area contributed by atoms with Gasteiger partial charge in [0.1, 0.15) is 0 Å². The molecule has 0 amide bonds. The Bertz CT molecular complexity index is 907. The van der Waals surface area contributed by atoms with Gasteiger partial charge in [-0.15, -0.1) is 0 Å². The quantitative estimate of drug-likeness (QED) is 0.804. The number of carboxylic acid groups (broad SMARTS) is 1. The number of hydrogen-bond donors (Lipinski definition) is 1. The van der Waals surface area contributed by atoms with Crippen LogP contribution in [0.1, 0.15) is 27.2 Å². The number of rotatable bonds is 3. The first-order valence-electron chi connectivity index (χ1n) is 7.41. The number of nitrogens with zero attached hydrogens (tertiary/aromatic N) is 1. The molecule has 1 heterocycles. The Hall–Kier alpha value is -2.88. The van der Waals surface area contributed by atoms with E-state index in [9.17, 15) is 14.7 Å². The van der Waals surface area contributed by atoms with Crippen molar-refractivity contribution in [1.29, 1.82) is 0 Å². The van der Waals surface area contributed by atoms with Gasteiger partial charge in [-0.2, -0.15) is 0 Å². The van der Waals surface area contributed by atoms with Gasteiger partial charge < -0.3 is 5.11 Å². The molecule has 0 aliphatic heterocycles. The molecule has 23 heavy (non-hydrogen) atoms. The molecule has 3 rings (SSSR count). The minimum absolute atomic E-state index is 0.0964. The van der Waals surface area contributed by atoms with Crippen molar-refractivity contribution < 1.29 is 14.7 Å². The van der Waals surface area contributed by atoms with E-state index in [1.807, 2.05) is 43.3 Å².